The summed E-state index contributed by atoms with van der Waals surface area (Å²) < 4.78 is 2.46. The minimum atomic E-state index is -0.103. The first kappa shape index (κ1) is 32.2. The molecule has 1 aromatic heterocycles. The molecule has 6 aliphatic carbocycles. The number of para-hydroxylation sites is 2. The van der Waals surface area contributed by atoms with Crippen LogP contribution in [0.1, 0.15) is 68.2 Å². The number of aromatic nitrogens is 1. The molecule has 2 heteroatoms. The molecule has 0 N–H and O–H groups in total. The lowest BCUT2D eigenvalue weighted by Gasteiger charge is -2.61. The van der Waals surface area contributed by atoms with Crippen molar-refractivity contribution in [2.45, 2.75) is 56.8 Å². The van der Waals surface area contributed by atoms with Gasteiger partial charge in [0.25, 0.3) is 0 Å². The number of anilines is 3. The fraction of sp³-hybridized carbons (Fsp3) is 0.236. The Morgan fingerprint density at radius 2 is 1.05 bits per heavy atom. The van der Waals surface area contributed by atoms with E-state index in [9.17, 15) is 0 Å². The predicted molar refractivity (Wildman–Crippen MR) is 236 cm³/mol. The maximum absolute atomic E-state index is 2.61. The lowest BCUT2D eigenvalue weighted by Crippen LogP contribution is -2.55. The average Bonchev–Trinajstić information content (AvgIpc) is 3.82. The molecule has 276 valence electrons. The molecule has 8 aromatic rings. The van der Waals surface area contributed by atoms with Crippen LogP contribution in [0.15, 0.2) is 158 Å². The van der Waals surface area contributed by atoms with Crippen LogP contribution < -0.4 is 4.90 Å². The molecule has 4 bridgehead atoms. The summed E-state index contributed by atoms with van der Waals surface area (Å²) in [7, 11) is 0. The van der Waals surface area contributed by atoms with Gasteiger partial charge in [0.15, 0.2) is 0 Å². The van der Waals surface area contributed by atoms with Crippen molar-refractivity contribution in [1.82, 2.24) is 4.57 Å². The third kappa shape index (κ3) is 4.16. The molecule has 0 atom stereocenters. The van der Waals surface area contributed by atoms with Crippen molar-refractivity contribution < 1.29 is 0 Å². The second-order valence-electron chi connectivity index (χ2n) is 18.5. The van der Waals surface area contributed by atoms with Crippen LogP contribution in [-0.2, 0) is 10.8 Å². The van der Waals surface area contributed by atoms with Gasteiger partial charge in [-0.25, -0.2) is 0 Å². The van der Waals surface area contributed by atoms with E-state index < -0.39 is 0 Å². The molecular weight excluding hydrogens is 689 g/mol. The van der Waals surface area contributed by atoms with Crippen molar-refractivity contribution in [1.29, 1.82) is 0 Å². The van der Waals surface area contributed by atoms with Gasteiger partial charge < -0.3 is 9.47 Å². The smallest absolute Gasteiger partial charge is 0.0543 e. The first-order valence-electron chi connectivity index (χ1n) is 21.4. The lowest BCUT2D eigenvalue weighted by molar-refractivity contribution is -0.0399. The Hall–Kier alpha value is -5.86. The van der Waals surface area contributed by atoms with E-state index in [1.807, 2.05) is 0 Å². The summed E-state index contributed by atoms with van der Waals surface area (Å²) in [6.45, 7) is 4.81. The van der Waals surface area contributed by atoms with Gasteiger partial charge in [0.2, 0.25) is 0 Å². The van der Waals surface area contributed by atoms with Gasteiger partial charge >= 0.3 is 0 Å². The number of fused-ring (bicyclic) bond motifs is 9. The molecule has 1 spiro atoms. The van der Waals surface area contributed by atoms with E-state index in [1.165, 1.54) is 110 Å². The summed E-state index contributed by atoms with van der Waals surface area (Å²) in [5.74, 6) is 3.27. The van der Waals surface area contributed by atoms with Gasteiger partial charge in [0.05, 0.1) is 16.7 Å². The summed E-state index contributed by atoms with van der Waals surface area (Å²) in [6.07, 6.45) is 7.00. The standard InChI is InChI=1S/C55H46N2/c1-54(2)46-19-7-3-15-41(46)42-26-25-40(33-49(42)54)56(38-13-11-14-39(32-38)57-50-22-9-5-16-43(50)44-17-6-10-23-51(44)57)52-24-12-21-48-53(52)45-18-4-8-20-47(45)55(48)36-28-34-27-35(30-36)31-37(55)29-34/h3-26,32-37H,27-31H2,1-2H3. The zero-order chi connectivity index (χ0) is 37.6. The van der Waals surface area contributed by atoms with E-state index in [2.05, 4.69) is 181 Å². The third-order valence-electron chi connectivity index (χ3n) is 15.5. The van der Waals surface area contributed by atoms with E-state index in [0.29, 0.717) is 0 Å². The van der Waals surface area contributed by atoms with Crippen LogP contribution in [-0.4, -0.2) is 4.57 Å². The quantitative estimate of drug-likeness (QED) is 0.175. The fourth-order valence-electron chi connectivity index (χ4n) is 13.6. The monoisotopic (exact) mass is 734 g/mol. The lowest BCUT2D eigenvalue weighted by atomic mass is 9.43. The molecule has 2 nitrogen and oxygen atoms in total. The highest BCUT2D eigenvalue weighted by Crippen LogP contribution is 2.70. The molecular formula is C55H46N2. The molecule has 57 heavy (non-hydrogen) atoms. The molecule has 0 amide bonds. The zero-order valence-electron chi connectivity index (χ0n) is 32.8. The molecule has 14 rings (SSSR count). The maximum Gasteiger partial charge on any atom is 0.0543 e. The normalized spacial score (nSPS) is 24.2. The number of hydrogen-bond donors (Lipinski definition) is 0. The van der Waals surface area contributed by atoms with Gasteiger partial charge in [-0.05, 0) is 143 Å². The van der Waals surface area contributed by atoms with Crippen LogP contribution >= 0.6 is 0 Å². The fourth-order valence-corrected chi connectivity index (χ4v) is 13.6. The van der Waals surface area contributed by atoms with Crippen LogP contribution in [0.25, 0.3) is 49.7 Å². The maximum atomic E-state index is 2.61. The molecule has 1 heterocycles. The second kappa shape index (κ2) is 11.4. The zero-order valence-corrected chi connectivity index (χ0v) is 32.8. The summed E-state index contributed by atoms with van der Waals surface area (Å²) >= 11 is 0. The predicted octanol–water partition coefficient (Wildman–Crippen LogP) is 14.3. The molecule has 0 aliphatic heterocycles. The number of nitrogens with zero attached hydrogens (tertiary/aromatic N) is 2. The molecule has 7 aromatic carbocycles. The SMILES string of the molecule is CC1(C)c2ccccc2-c2ccc(N(c3cccc(-n4c5ccccc5c5ccccc54)c3)c3cccc4c3-c3ccccc3C43C4CC5CC(C4)CC3C5)cc21. The van der Waals surface area contributed by atoms with Crippen LogP contribution in [0.4, 0.5) is 17.1 Å². The number of benzene rings is 7. The average molecular weight is 735 g/mol. The molecule has 0 unspecified atom stereocenters. The Morgan fingerprint density at radius 3 is 1.79 bits per heavy atom. The number of rotatable bonds is 4. The Kier molecular flexibility index (Phi) is 6.44. The first-order chi connectivity index (χ1) is 28.0. The van der Waals surface area contributed by atoms with E-state index in [0.717, 1.165) is 23.7 Å². The highest BCUT2D eigenvalue weighted by atomic mass is 15.1. The Labute approximate surface area is 335 Å². The van der Waals surface area contributed by atoms with Crippen molar-refractivity contribution in [3.63, 3.8) is 0 Å². The number of hydrogen-bond acceptors (Lipinski definition) is 1. The van der Waals surface area contributed by atoms with Gasteiger partial charge in [0.1, 0.15) is 0 Å². The van der Waals surface area contributed by atoms with Gasteiger partial charge in [-0.15, -0.1) is 0 Å². The van der Waals surface area contributed by atoms with Gasteiger partial charge in [-0.2, -0.15) is 0 Å². The van der Waals surface area contributed by atoms with E-state index in [1.54, 1.807) is 11.1 Å². The summed E-state index contributed by atoms with van der Waals surface area (Å²) in [6, 6.07) is 60.3. The van der Waals surface area contributed by atoms with E-state index >= 15 is 0 Å². The third-order valence-corrected chi connectivity index (χ3v) is 15.5. The highest BCUT2D eigenvalue weighted by molar-refractivity contribution is 6.09. The van der Waals surface area contributed by atoms with Crippen LogP contribution in [0.5, 0.6) is 0 Å². The molecule has 6 aliphatic rings. The largest absolute Gasteiger partial charge is 0.310 e. The summed E-state index contributed by atoms with van der Waals surface area (Å²) in [5.41, 5.74) is 19.0. The topological polar surface area (TPSA) is 8.17 Å². The van der Waals surface area contributed by atoms with Gasteiger partial charge in [-0.3, -0.25) is 0 Å². The van der Waals surface area contributed by atoms with Crippen LogP contribution in [0.2, 0.25) is 0 Å². The molecule has 0 saturated heterocycles. The van der Waals surface area contributed by atoms with Crippen molar-refractivity contribution in [2.75, 3.05) is 4.90 Å². The van der Waals surface area contributed by atoms with Crippen LogP contribution in [0, 0.1) is 23.7 Å². The first-order valence-corrected chi connectivity index (χ1v) is 21.4. The molecule has 4 saturated carbocycles. The van der Waals surface area contributed by atoms with Crippen molar-refractivity contribution >= 4 is 38.9 Å². The van der Waals surface area contributed by atoms with Gasteiger partial charge in [0, 0.05) is 44.2 Å². The van der Waals surface area contributed by atoms with E-state index in [-0.39, 0.29) is 10.8 Å². The van der Waals surface area contributed by atoms with Crippen molar-refractivity contribution in [3.05, 3.63) is 180 Å². The summed E-state index contributed by atoms with van der Waals surface area (Å²) in [5, 5.41) is 2.57. The Balaban J connectivity index is 1.07. The summed E-state index contributed by atoms with van der Waals surface area (Å²) in [4.78, 5) is 2.61. The highest BCUT2D eigenvalue weighted by Gasteiger charge is 2.62. The van der Waals surface area contributed by atoms with Crippen molar-refractivity contribution in [3.8, 4) is 27.9 Å². The van der Waals surface area contributed by atoms with Crippen LogP contribution in [0.3, 0.4) is 0 Å². The molecule has 4 fully saturated rings. The Bertz CT molecular complexity index is 2900. The minimum Gasteiger partial charge on any atom is -0.310 e. The second-order valence-corrected chi connectivity index (χ2v) is 18.5. The Morgan fingerprint density at radius 1 is 0.474 bits per heavy atom. The van der Waals surface area contributed by atoms with E-state index in [4.69, 9.17) is 0 Å². The van der Waals surface area contributed by atoms with Gasteiger partial charge in [-0.1, -0.05) is 123 Å². The molecule has 0 radical (unpaired) electrons. The van der Waals surface area contributed by atoms with Crippen molar-refractivity contribution in [2.24, 2.45) is 23.7 Å². The minimum absolute atomic E-state index is 0.103.